The molecule has 0 bridgehead atoms. The van der Waals surface area contributed by atoms with Crippen molar-refractivity contribution in [2.24, 2.45) is 0 Å². The van der Waals surface area contributed by atoms with Crippen molar-refractivity contribution in [2.75, 3.05) is 32.2 Å². The summed E-state index contributed by atoms with van der Waals surface area (Å²) in [6.07, 6.45) is 2.80. The van der Waals surface area contributed by atoms with Crippen molar-refractivity contribution in [2.45, 2.75) is 32.7 Å². The molecule has 0 fully saturated rings. The molecule has 29 heavy (non-hydrogen) atoms. The average Bonchev–Trinajstić information content (AvgIpc) is 2.71. The van der Waals surface area contributed by atoms with Crippen LogP contribution >= 0.6 is 11.6 Å². The molecule has 0 saturated carbocycles. The summed E-state index contributed by atoms with van der Waals surface area (Å²) in [5.74, 6) is 0.679. The minimum atomic E-state index is -0.263. The van der Waals surface area contributed by atoms with Crippen molar-refractivity contribution >= 4 is 23.2 Å². The number of hydrogen-bond donors (Lipinski definition) is 3. The summed E-state index contributed by atoms with van der Waals surface area (Å²) in [4.78, 5) is 12.1. The second-order valence-electron chi connectivity index (χ2n) is 6.76. The van der Waals surface area contributed by atoms with Crippen LogP contribution in [0.3, 0.4) is 0 Å². The van der Waals surface area contributed by atoms with Crippen molar-refractivity contribution in [1.29, 1.82) is 0 Å². The van der Waals surface area contributed by atoms with E-state index >= 15 is 0 Å². The zero-order valence-electron chi connectivity index (χ0n) is 17.0. The van der Waals surface area contributed by atoms with E-state index in [9.17, 15) is 4.79 Å². The Balaban J connectivity index is 1.88. The Hall–Kier alpha value is -2.28. The molecular formula is C22H29ClN2O4. The number of halogens is 1. The van der Waals surface area contributed by atoms with Gasteiger partial charge in [0.2, 0.25) is 0 Å². The highest BCUT2D eigenvalue weighted by molar-refractivity contribution is 6.31. The van der Waals surface area contributed by atoms with E-state index < -0.39 is 0 Å². The lowest BCUT2D eigenvalue weighted by Gasteiger charge is -2.14. The van der Waals surface area contributed by atoms with E-state index in [-0.39, 0.29) is 19.1 Å². The fourth-order valence-corrected chi connectivity index (χ4v) is 2.94. The van der Waals surface area contributed by atoms with Gasteiger partial charge in [-0.15, -0.1) is 0 Å². The SMILES string of the molecule is COc1cc(CNCCCCCO)c(Cl)cc1OCC(=O)Nc1ccc(C)cc1. The second-order valence-corrected chi connectivity index (χ2v) is 7.17. The Kier molecular flexibility index (Phi) is 9.77. The third-order valence-electron chi connectivity index (χ3n) is 4.35. The Morgan fingerprint density at radius 1 is 1.10 bits per heavy atom. The largest absolute Gasteiger partial charge is 0.493 e. The molecule has 0 radical (unpaired) electrons. The van der Waals surface area contributed by atoms with Gasteiger partial charge in [0.05, 0.1) is 7.11 Å². The van der Waals surface area contributed by atoms with Gasteiger partial charge in [0.15, 0.2) is 18.1 Å². The van der Waals surface area contributed by atoms with Gasteiger partial charge in [0.25, 0.3) is 5.91 Å². The van der Waals surface area contributed by atoms with Crippen LogP contribution in [0.4, 0.5) is 5.69 Å². The maximum absolute atomic E-state index is 12.1. The molecule has 2 aromatic rings. The minimum Gasteiger partial charge on any atom is -0.493 e. The Labute approximate surface area is 177 Å². The predicted molar refractivity (Wildman–Crippen MR) is 116 cm³/mol. The quantitative estimate of drug-likeness (QED) is 0.453. The fourth-order valence-electron chi connectivity index (χ4n) is 2.72. The molecule has 0 aliphatic heterocycles. The number of carbonyl (C=O) groups excluding carboxylic acids is 1. The zero-order chi connectivity index (χ0) is 21.1. The van der Waals surface area contributed by atoms with Crippen molar-refractivity contribution < 1.29 is 19.4 Å². The minimum absolute atomic E-state index is 0.150. The molecule has 0 atom stereocenters. The molecule has 3 N–H and O–H groups in total. The highest BCUT2D eigenvalue weighted by Gasteiger charge is 2.12. The standard InChI is InChI=1S/C22H29ClN2O4/c1-16-6-8-18(9-7-16)25-22(27)15-29-21-13-19(23)17(12-20(21)28-2)14-24-10-4-3-5-11-26/h6-9,12-13,24,26H,3-5,10-11,14-15H2,1-2H3,(H,25,27). The third-order valence-corrected chi connectivity index (χ3v) is 4.71. The van der Waals surface area contributed by atoms with Crippen LogP contribution in [0.5, 0.6) is 11.5 Å². The number of benzene rings is 2. The van der Waals surface area contributed by atoms with Crippen molar-refractivity contribution in [3.63, 3.8) is 0 Å². The number of aliphatic hydroxyl groups excluding tert-OH is 1. The molecule has 2 rings (SSSR count). The Bertz CT molecular complexity index is 781. The van der Waals surface area contributed by atoms with Crippen LogP contribution in [-0.2, 0) is 11.3 Å². The molecule has 7 heteroatoms. The van der Waals surface area contributed by atoms with E-state index in [0.29, 0.717) is 23.1 Å². The molecular weight excluding hydrogens is 392 g/mol. The summed E-state index contributed by atoms with van der Waals surface area (Å²) in [5.41, 5.74) is 2.73. The molecule has 0 saturated heterocycles. The number of amides is 1. The van der Waals surface area contributed by atoms with Gasteiger partial charge in [-0.2, -0.15) is 0 Å². The highest BCUT2D eigenvalue weighted by atomic mass is 35.5. The van der Waals surface area contributed by atoms with E-state index in [1.54, 1.807) is 13.2 Å². The topological polar surface area (TPSA) is 79.8 Å². The van der Waals surface area contributed by atoms with Crippen molar-refractivity contribution in [3.05, 3.63) is 52.5 Å². The van der Waals surface area contributed by atoms with Crippen LogP contribution < -0.4 is 20.1 Å². The lowest BCUT2D eigenvalue weighted by molar-refractivity contribution is -0.118. The summed E-state index contributed by atoms with van der Waals surface area (Å²) in [6.45, 7) is 3.51. The molecule has 0 unspecified atom stereocenters. The first-order chi connectivity index (χ1) is 14.0. The number of methoxy groups -OCH3 is 1. The monoisotopic (exact) mass is 420 g/mol. The van der Waals surface area contributed by atoms with Crippen LogP contribution in [-0.4, -0.2) is 37.9 Å². The fraction of sp³-hybridized carbons (Fsp3) is 0.409. The predicted octanol–water partition coefficient (Wildman–Crippen LogP) is 3.93. The van der Waals surface area contributed by atoms with Gasteiger partial charge in [-0.05, 0) is 56.5 Å². The number of rotatable bonds is 12. The second kappa shape index (κ2) is 12.3. The zero-order valence-corrected chi connectivity index (χ0v) is 17.7. The molecule has 0 aliphatic rings. The third kappa shape index (κ3) is 7.93. The number of aliphatic hydroxyl groups is 1. The average molecular weight is 421 g/mol. The maximum Gasteiger partial charge on any atom is 0.262 e. The number of anilines is 1. The smallest absolute Gasteiger partial charge is 0.262 e. The van der Waals surface area contributed by atoms with Crippen molar-refractivity contribution in [3.8, 4) is 11.5 Å². The number of nitrogens with one attached hydrogen (secondary N) is 2. The summed E-state index contributed by atoms with van der Waals surface area (Å²) >= 11 is 6.37. The number of hydrogen-bond acceptors (Lipinski definition) is 5. The lowest BCUT2D eigenvalue weighted by Crippen LogP contribution is -2.20. The number of carbonyl (C=O) groups is 1. The Morgan fingerprint density at radius 2 is 1.86 bits per heavy atom. The normalized spacial score (nSPS) is 10.6. The van der Waals surface area contributed by atoms with Gasteiger partial charge in [0, 0.05) is 29.9 Å². The van der Waals surface area contributed by atoms with E-state index in [4.69, 9.17) is 26.2 Å². The first-order valence-corrected chi connectivity index (χ1v) is 10.1. The maximum atomic E-state index is 12.1. The summed E-state index contributed by atoms with van der Waals surface area (Å²) in [7, 11) is 1.55. The molecule has 1 amide bonds. The van der Waals surface area contributed by atoms with Crippen LogP contribution in [0.1, 0.15) is 30.4 Å². The van der Waals surface area contributed by atoms with Crippen LogP contribution in [0.15, 0.2) is 36.4 Å². The van der Waals surface area contributed by atoms with E-state index in [1.165, 1.54) is 0 Å². The first kappa shape index (κ1) is 23.0. The van der Waals surface area contributed by atoms with E-state index in [1.807, 2.05) is 37.3 Å². The molecule has 0 aliphatic carbocycles. The van der Waals surface area contributed by atoms with Gasteiger partial charge in [0.1, 0.15) is 0 Å². The molecule has 0 heterocycles. The molecule has 0 spiro atoms. The first-order valence-electron chi connectivity index (χ1n) is 9.70. The summed E-state index contributed by atoms with van der Waals surface area (Å²) < 4.78 is 11.0. The van der Waals surface area contributed by atoms with Gasteiger partial charge in [-0.3, -0.25) is 4.79 Å². The number of ether oxygens (including phenoxy) is 2. The van der Waals surface area contributed by atoms with E-state index in [0.717, 1.165) is 42.6 Å². The lowest BCUT2D eigenvalue weighted by atomic mass is 10.2. The summed E-state index contributed by atoms with van der Waals surface area (Å²) in [6, 6.07) is 11.0. The molecule has 0 aromatic heterocycles. The van der Waals surface area contributed by atoms with Crippen LogP contribution in [0, 0.1) is 6.92 Å². The van der Waals surface area contributed by atoms with Gasteiger partial charge < -0.3 is 25.2 Å². The van der Waals surface area contributed by atoms with Gasteiger partial charge >= 0.3 is 0 Å². The van der Waals surface area contributed by atoms with Gasteiger partial charge in [-0.1, -0.05) is 29.3 Å². The van der Waals surface area contributed by atoms with Gasteiger partial charge in [-0.25, -0.2) is 0 Å². The molecule has 6 nitrogen and oxygen atoms in total. The number of aryl methyl sites for hydroxylation is 1. The molecule has 158 valence electrons. The van der Waals surface area contributed by atoms with E-state index in [2.05, 4.69) is 10.6 Å². The summed E-state index contributed by atoms with van der Waals surface area (Å²) in [5, 5.41) is 15.5. The van der Waals surface area contributed by atoms with Crippen molar-refractivity contribution in [1.82, 2.24) is 5.32 Å². The van der Waals surface area contributed by atoms with Crippen LogP contribution in [0.25, 0.3) is 0 Å². The highest BCUT2D eigenvalue weighted by Crippen LogP contribution is 2.33. The Morgan fingerprint density at radius 3 is 2.55 bits per heavy atom. The molecule has 2 aromatic carbocycles. The number of unbranched alkanes of at least 4 members (excludes halogenated alkanes) is 2. The van der Waals surface area contributed by atoms with Crippen LogP contribution in [0.2, 0.25) is 5.02 Å².